The van der Waals surface area contributed by atoms with Gasteiger partial charge in [0.2, 0.25) is 5.78 Å². The summed E-state index contributed by atoms with van der Waals surface area (Å²) in [5.74, 6) is -0.394. The quantitative estimate of drug-likeness (QED) is 0.362. The van der Waals surface area contributed by atoms with Crippen molar-refractivity contribution < 1.29 is 23.5 Å². The first kappa shape index (κ1) is 22.3. The van der Waals surface area contributed by atoms with Crippen molar-refractivity contribution >= 4 is 11.8 Å². The summed E-state index contributed by atoms with van der Waals surface area (Å²) in [5.41, 5.74) is 3.69. The molecule has 6 heteroatoms. The Labute approximate surface area is 181 Å². The SMILES string of the molecule is CCOc1ccc(C(=O)OCC(=O)c2cc(C)n(CCc3ccc(F)cc3)c2C)cc1. The van der Waals surface area contributed by atoms with E-state index in [1.165, 1.54) is 12.1 Å². The molecule has 3 aromatic rings. The van der Waals surface area contributed by atoms with Crippen LogP contribution in [-0.4, -0.2) is 29.5 Å². The molecule has 0 fully saturated rings. The van der Waals surface area contributed by atoms with Gasteiger partial charge in [-0.1, -0.05) is 12.1 Å². The van der Waals surface area contributed by atoms with Crippen molar-refractivity contribution in [2.75, 3.05) is 13.2 Å². The average Bonchev–Trinajstić information content (AvgIpc) is 3.05. The number of halogens is 1. The van der Waals surface area contributed by atoms with Crippen LogP contribution in [-0.2, 0) is 17.7 Å². The number of carbonyl (C=O) groups excluding carboxylic acids is 2. The molecule has 0 amide bonds. The summed E-state index contributed by atoms with van der Waals surface area (Å²) in [6, 6.07) is 14.8. The molecule has 0 aliphatic rings. The lowest BCUT2D eigenvalue weighted by atomic mass is 10.1. The lowest BCUT2D eigenvalue weighted by Gasteiger charge is -2.10. The van der Waals surface area contributed by atoms with Gasteiger partial charge in [0.05, 0.1) is 12.2 Å². The van der Waals surface area contributed by atoms with E-state index in [0.29, 0.717) is 30.0 Å². The minimum atomic E-state index is -0.554. The Kier molecular flexibility index (Phi) is 7.23. The Bertz CT molecular complexity index is 1050. The molecule has 0 saturated carbocycles. The first-order valence-corrected chi connectivity index (χ1v) is 10.2. The fourth-order valence-electron chi connectivity index (χ4n) is 3.47. The Morgan fingerprint density at radius 1 is 1.00 bits per heavy atom. The third-order valence-electron chi connectivity index (χ3n) is 5.15. The summed E-state index contributed by atoms with van der Waals surface area (Å²) in [4.78, 5) is 24.9. The van der Waals surface area contributed by atoms with E-state index >= 15 is 0 Å². The smallest absolute Gasteiger partial charge is 0.338 e. The molecule has 0 saturated heterocycles. The highest BCUT2D eigenvalue weighted by molar-refractivity contribution is 6.00. The van der Waals surface area contributed by atoms with Gasteiger partial charge in [0, 0.05) is 23.5 Å². The molecule has 1 aromatic heterocycles. The van der Waals surface area contributed by atoms with Crippen LogP contribution in [0.3, 0.4) is 0 Å². The number of nitrogens with zero attached hydrogens (tertiary/aromatic N) is 1. The minimum Gasteiger partial charge on any atom is -0.494 e. The van der Waals surface area contributed by atoms with Gasteiger partial charge in [0.15, 0.2) is 6.61 Å². The number of hydrogen-bond acceptors (Lipinski definition) is 4. The predicted molar refractivity (Wildman–Crippen MR) is 116 cm³/mol. The molecular weight excluding hydrogens is 397 g/mol. The summed E-state index contributed by atoms with van der Waals surface area (Å²) >= 11 is 0. The molecule has 0 N–H and O–H groups in total. The van der Waals surface area contributed by atoms with Crippen LogP contribution in [0.1, 0.15) is 44.6 Å². The van der Waals surface area contributed by atoms with Crippen LogP contribution in [0, 0.1) is 19.7 Å². The Hall–Kier alpha value is -3.41. The fraction of sp³-hybridized carbons (Fsp3) is 0.280. The van der Waals surface area contributed by atoms with E-state index in [4.69, 9.17) is 9.47 Å². The highest BCUT2D eigenvalue weighted by Gasteiger charge is 2.18. The fourth-order valence-corrected chi connectivity index (χ4v) is 3.47. The molecule has 0 aliphatic carbocycles. The molecule has 5 nitrogen and oxygen atoms in total. The number of ketones is 1. The van der Waals surface area contributed by atoms with Gasteiger partial charge in [-0.25, -0.2) is 9.18 Å². The van der Waals surface area contributed by atoms with Crippen molar-refractivity contribution in [1.29, 1.82) is 0 Å². The second-order valence-corrected chi connectivity index (χ2v) is 7.27. The van der Waals surface area contributed by atoms with E-state index in [1.807, 2.05) is 31.4 Å². The van der Waals surface area contributed by atoms with Gasteiger partial charge < -0.3 is 14.0 Å². The Morgan fingerprint density at radius 2 is 1.68 bits per heavy atom. The van der Waals surface area contributed by atoms with Crippen molar-refractivity contribution in [1.82, 2.24) is 4.57 Å². The molecule has 3 rings (SSSR count). The molecule has 0 radical (unpaired) electrons. The number of carbonyl (C=O) groups is 2. The lowest BCUT2D eigenvalue weighted by Crippen LogP contribution is -2.15. The first-order chi connectivity index (χ1) is 14.9. The third-order valence-corrected chi connectivity index (χ3v) is 5.15. The maximum absolute atomic E-state index is 13.1. The molecule has 0 aliphatic heterocycles. The van der Waals surface area contributed by atoms with E-state index in [-0.39, 0.29) is 18.2 Å². The average molecular weight is 423 g/mol. The lowest BCUT2D eigenvalue weighted by molar-refractivity contribution is 0.0474. The second-order valence-electron chi connectivity index (χ2n) is 7.27. The number of rotatable bonds is 9. The van der Waals surface area contributed by atoms with Gasteiger partial charge in [-0.2, -0.15) is 0 Å². The van der Waals surface area contributed by atoms with E-state index < -0.39 is 5.97 Å². The molecule has 1 heterocycles. The number of aryl methyl sites for hydroxylation is 2. The van der Waals surface area contributed by atoms with Crippen molar-refractivity contribution in [2.45, 2.75) is 33.7 Å². The largest absolute Gasteiger partial charge is 0.494 e. The Balaban J connectivity index is 1.60. The first-order valence-electron chi connectivity index (χ1n) is 10.2. The highest BCUT2D eigenvalue weighted by Crippen LogP contribution is 2.18. The number of aromatic nitrogens is 1. The van der Waals surface area contributed by atoms with Crippen LogP contribution >= 0.6 is 0 Å². The third kappa shape index (κ3) is 5.60. The van der Waals surface area contributed by atoms with E-state index in [1.54, 1.807) is 36.4 Å². The van der Waals surface area contributed by atoms with Crippen molar-refractivity contribution in [3.8, 4) is 5.75 Å². The van der Waals surface area contributed by atoms with Crippen LogP contribution in [0.4, 0.5) is 4.39 Å². The highest BCUT2D eigenvalue weighted by atomic mass is 19.1. The normalized spacial score (nSPS) is 10.7. The molecule has 0 atom stereocenters. The Morgan fingerprint density at radius 3 is 2.32 bits per heavy atom. The minimum absolute atomic E-state index is 0.250. The van der Waals surface area contributed by atoms with E-state index in [2.05, 4.69) is 0 Å². The van der Waals surface area contributed by atoms with Gasteiger partial charge in [-0.05, 0) is 75.2 Å². The van der Waals surface area contributed by atoms with Gasteiger partial charge in [-0.15, -0.1) is 0 Å². The van der Waals surface area contributed by atoms with Crippen LogP contribution in [0.5, 0.6) is 5.75 Å². The van der Waals surface area contributed by atoms with Crippen molar-refractivity contribution in [3.63, 3.8) is 0 Å². The summed E-state index contributed by atoms with van der Waals surface area (Å²) in [6.45, 7) is 6.57. The summed E-state index contributed by atoms with van der Waals surface area (Å²) in [5, 5.41) is 0. The monoisotopic (exact) mass is 423 g/mol. The van der Waals surface area contributed by atoms with Gasteiger partial charge in [-0.3, -0.25) is 4.79 Å². The maximum Gasteiger partial charge on any atom is 0.338 e. The predicted octanol–water partition coefficient (Wildman–Crippen LogP) is 4.93. The van der Waals surface area contributed by atoms with Gasteiger partial charge in [0.25, 0.3) is 0 Å². The zero-order valence-corrected chi connectivity index (χ0v) is 18.0. The second kappa shape index (κ2) is 10.1. The number of esters is 1. The zero-order chi connectivity index (χ0) is 22.4. The number of ether oxygens (including phenoxy) is 2. The number of hydrogen-bond donors (Lipinski definition) is 0. The van der Waals surface area contributed by atoms with E-state index in [9.17, 15) is 14.0 Å². The van der Waals surface area contributed by atoms with Gasteiger partial charge >= 0.3 is 5.97 Å². The van der Waals surface area contributed by atoms with Gasteiger partial charge in [0.1, 0.15) is 11.6 Å². The molecular formula is C25H26FNO4. The molecule has 31 heavy (non-hydrogen) atoms. The maximum atomic E-state index is 13.1. The number of benzene rings is 2. The molecule has 0 bridgehead atoms. The topological polar surface area (TPSA) is 57.5 Å². The van der Waals surface area contributed by atoms with Crippen molar-refractivity contribution in [2.24, 2.45) is 0 Å². The standard InChI is InChI=1S/C25H26FNO4/c1-4-30-22-11-7-20(8-12-22)25(29)31-16-24(28)23-15-17(2)27(18(23)3)14-13-19-5-9-21(26)10-6-19/h5-12,15H,4,13-14,16H2,1-3H3. The summed E-state index contributed by atoms with van der Waals surface area (Å²) in [6.07, 6.45) is 0.719. The van der Waals surface area contributed by atoms with Crippen LogP contribution in [0.25, 0.3) is 0 Å². The number of Topliss-reactive ketones (excluding diaryl/α,β-unsaturated/α-hetero) is 1. The van der Waals surface area contributed by atoms with Crippen LogP contribution < -0.4 is 4.74 Å². The summed E-state index contributed by atoms with van der Waals surface area (Å²) in [7, 11) is 0. The molecule has 2 aromatic carbocycles. The van der Waals surface area contributed by atoms with Crippen molar-refractivity contribution in [3.05, 3.63) is 88.5 Å². The molecule has 0 unspecified atom stereocenters. The van der Waals surface area contributed by atoms with Crippen LogP contribution in [0.15, 0.2) is 54.6 Å². The molecule has 162 valence electrons. The van der Waals surface area contributed by atoms with Crippen LogP contribution in [0.2, 0.25) is 0 Å². The molecule has 0 spiro atoms. The van der Waals surface area contributed by atoms with E-state index in [0.717, 1.165) is 23.4 Å². The zero-order valence-electron chi connectivity index (χ0n) is 18.0. The summed E-state index contributed by atoms with van der Waals surface area (Å²) < 4.78 is 25.7.